The molecule has 4 fully saturated rings. The van der Waals surface area contributed by atoms with Crippen LogP contribution in [0, 0.1) is 58.2 Å². The minimum atomic E-state index is -0.304. The summed E-state index contributed by atoms with van der Waals surface area (Å²) < 4.78 is 0. The second-order valence-corrected chi connectivity index (χ2v) is 12.6. The van der Waals surface area contributed by atoms with Crippen molar-refractivity contribution in [3.05, 3.63) is 12.2 Å². The predicted octanol–water partition coefficient (Wildman–Crippen LogP) is 6.45. The van der Waals surface area contributed by atoms with E-state index in [0.717, 1.165) is 25.7 Å². The number of hydrogen-bond acceptors (Lipinski definition) is 3. The SMILES string of the molecule is CCC(C=CC(C)C1CCC2C3CC(=O)C4CC(=O)CCC4(C)C3C(=O)CC12C)C(C)C. The summed E-state index contributed by atoms with van der Waals surface area (Å²) in [6.45, 7) is 13.7. The summed E-state index contributed by atoms with van der Waals surface area (Å²) in [5, 5.41) is 0. The van der Waals surface area contributed by atoms with E-state index < -0.39 is 0 Å². The Labute approximate surface area is 195 Å². The monoisotopic (exact) mass is 440 g/mol. The minimum absolute atomic E-state index is 0.00445. The molecule has 9 atom stereocenters. The fraction of sp³-hybridized carbons (Fsp3) is 0.828. The van der Waals surface area contributed by atoms with Gasteiger partial charge in [-0.3, -0.25) is 14.4 Å². The summed E-state index contributed by atoms with van der Waals surface area (Å²) >= 11 is 0. The molecule has 0 saturated heterocycles. The molecule has 0 aromatic carbocycles. The molecule has 4 aliphatic carbocycles. The number of rotatable bonds is 5. The highest BCUT2D eigenvalue weighted by molar-refractivity contribution is 5.94. The molecule has 0 aromatic rings. The van der Waals surface area contributed by atoms with Crippen LogP contribution in [0.5, 0.6) is 0 Å². The van der Waals surface area contributed by atoms with Gasteiger partial charge >= 0.3 is 0 Å². The predicted molar refractivity (Wildman–Crippen MR) is 128 cm³/mol. The normalized spacial score (nSPS) is 43.8. The van der Waals surface area contributed by atoms with Gasteiger partial charge in [0.2, 0.25) is 0 Å². The topological polar surface area (TPSA) is 51.2 Å². The van der Waals surface area contributed by atoms with E-state index in [1.165, 1.54) is 0 Å². The number of Topliss-reactive ketones (excluding diaryl/α,β-unsaturated/α-hetero) is 3. The number of hydrogen-bond donors (Lipinski definition) is 0. The Kier molecular flexibility index (Phi) is 6.36. The van der Waals surface area contributed by atoms with Crippen molar-refractivity contribution in [3.63, 3.8) is 0 Å². The lowest BCUT2D eigenvalue weighted by atomic mass is 9.44. The number of allylic oxidation sites excluding steroid dienone is 2. The van der Waals surface area contributed by atoms with E-state index in [4.69, 9.17) is 0 Å². The maximum absolute atomic E-state index is 13.8. The third kappa shape index (κ3) is 3.66. The molecule has 32 heavy (non-hydrogen) atoms. The van der Waals surface area contributed by atoms with E-state index in [0.29, 0.717) is 61.1 Å². The van der Waals surface area contributed by atoms with Gasteiger partial charge in [-0.1, -0.05) is 53.7 Å². The molecule has 3 nitrogen and oxygen atoms in total. The van der Waals surface area contributed by atoms with Crippen molar-refractivity contribution in [2.75, 3.05) is 0 Å². The fourth-order valence-corrected chi connectivity index (χ4v) is 8.85. The molecule has 9 unspecified atom stereocenters. The summed E-state index contributed by atoms with van der Waals surface area (Å²) in [5.74, 6) is 3.48. The van der Waals surface area contributed by atoms with Gasteiger partial charge in [-0.25, -0.2) is 0 Å². The lowest BCUT2D eigenvalue weighted by Gasteiger charge is -2.58. The van der Waals surface area contributed by atoms with E-state index in [1.54, 1.807) is 0 Å². The molecule has 0 N–H and O–H groups in total. The summed E-state index contributed by atoms with van der Waals surface area (Å²) in [4.78, 5) is 39.2. The summed E-state index contributed by atoms with van der Waals surface area (Å²) in [5.41, 5.74) is -0.308. The Morgan fingerprint density at radius 2 is 1.69 bits per heavy atom. The third-order valence-electron chi connectivity index (χ3n) is 10.7. The van der Waals surface area contributed by atoms with Crippen molar-refractivity contribution < 1.29 is 14.4 Å². The maximum Gasteiger partial charge on any atom is 0.137 e. The first-order valence-electron chi connectivity index (χ1n) is 13.3. The number of carbonyl (C=O) groups excluding carboxylic acids is 3. The summed E-state index contributed by atoms with van der Waals surface area (Å²) in [6.07, 6.45) is 11.1. The van der Waals surface area contributed by atoms with Crippen molar-refractivity contribution in [1.29, 1.82) is 0 Å². The summed E-state index contributed by atoms with van der Waals surface area (Å²) in [6, 6.07) is 0. The molecule has 3 heteroatoms. The molecule has 0 heterocycles. The van der Waals surface area contributed by atoms with Crippen molar-refractivity contribution in [2.24, 2.45) is 58.2 Å². The molecule has 0 amide bonds. The van der Waals surface area contributed by atoms with Crippen LogP contribution < -0.4 is 0 Å². The van der Waals surface area contributed by atoms with Crippen LogP contribution in [-0.4, -0.2) is 17.3 Å². The lowest BCUT2D eigenvalue weighted by Crippen LogP contribution is -2.60. The molecule has 0 radical (unpaired) electrons. The van der Waals surface area contributed by atoms with Gasteiger partial charge in [0.1, 0.15) is 17.3 Å². The minimum Gasteiger partial charge on any atom is -0.300 e. The smallest absolute Gasteiger partial charge is 0.137 e. The molecular formula is C29H44O3. The molecule has 4 rings (SSSR count). The second-order valence-electron chi connectivity index (χ2n) is 12.6. The van der Waals surface area contributed by atoms with Crippen molar-refractivity contribution in [3.8, 4) is 0 Å². The molecular weight excluding hydrogens is 396 g/mol. The van der Waals surface area contributed by atoms with Crippen LogP contribution in [0.25, 0.3) is 0 Å². The zero-order valence-electron chi connectivity index (χ0n) is 21.2. The quantitative estimate of drug-likeness (QED) is 0.462. The Morgan fingerprint density at radius 1 is 0.969 bits per heavy atom. The second kappa shape index (κ2) is 8.51. The van der Waals surface area contributed by atoms with Gasteiger partial charge in [0.25, 0.3) is 0 Å². The first-order valence-corrected chi connectivity index (χ1v) is 13.3. The molecule has 0 spiro atoms. The Balaban J connectivity index is 1.59. The van der Waals surface area contributed by atoms with E-state index in [2.05, 4.69) is 53.7 Å². The maximum atomic E-state index is 13.8. The van der Waals surface area contributed by atoms with E-state index in [9.17, 15) is 14.4 Å². The Morgan fingerprint density at radius 3 is 2.34 bits per heavy atom. The van der Waals surface area contributed by atoms with Gasteiger partial charge in [0.05, 0.1) is 0 Å². The van der Waals surface area contributed by atoms with Gasteiger partial charge in [-0.15, -0.1) is 0 Å². The Hall–Kier alpha value is -1.25. The highest BCUT2D eigenvalue weighted by Crippen LogP contribution is 2.66. The van der Waals surface area contributed by atoms with Crippen LogP contribution in [0.2, 0.25) is 0 Å². The van der Waals surface area contributed by atoms with E-state index >= 15 is 0 Å². The first-order chi connectivity index (χ1) is 15.0. The van der Waals surface area contributed by atoms with Gasteiger partial charge < -0.3 is 0 Å². The number of carbonyl (C=O) groups is 3. The molecule has 178 valence electrons. The van der Waals surface area contributed by atoms with Crippen LogP contribution in [0.3, 0.4) is 0 Å². The average Bonchev–Trinajstić information content (AvgIpc) is 3.06. The van der Waals surface area contributed by atoms with Crippen LogP contribution in [0.1, 0.15) is 92.9 Å². The molecule has 0 bridgehead atoms. The Bertz CT molecular complexity index is 809. The lowest BCUT2D eigenvalue weighted by molar-refractivity contribution is -0.167. The van der Waals surface area contributed by atoms with Crippen LogP contribution in [0.15, 0.2) is 12.2 Å². The highest BCUT2D eigenvalue weighted by Gasteiger charge is 2.65. The van der Waals surface area contributed by atoms with Crippen LogP contribution in [0.4, 0.5) is 0 Å². The molecule has 0 aromatic heterocycles. The fourth-order valence-electron chi connectivity index (χ4n) is 8.85. The molecule has 4 saturated carbocycles. The van der Waals surface area contributed by atoms with Crippen LogP contribution in [-0.2, 0) is 14.4 Å². The van der Waals surface area contributed by atoms with Gasteiger partial charge in [0, 0.05) is 37.5 Å². The van der Waals surface area contributed by atoms with Gasteiger partial charge in [-0.05, 0) is 72.0 Å². The molecule has 4 aliphatic rings. The number of fused-ring (bicyclic) bond motifs is 5. The molecule has 0 aliphatic heterocycles. The zero-order valence-corrected chi connectivity index (χ0v) is 21.2. The van der Waals surface area contributed by atoms with Crippen molar-refractivity contribution in [1.82, 2.24) is 0 Å². The zero-order chi connectivity index (χ0) is 23.4. The van der Waals surface area contributed by atoms with Gasteiger partial charge in [-0.2, -0.15) is 0 Å². The van der Waals surface area contributed by atoms with Crippen molar-refractivity contribution >= 4 is 17.3 Å². The van der Waals surface area contributed by atoms with Crippen LogP contribution >= 0.6 is 0 Å². The van der Waals surface area contributed by atoms with E-state index in [1.807, 2.05) is 0 Å². The highest BCUT2D eigenvalue weighted by atomic mass is 16.1. The average molecular weight is 441 g/mol. The van der Waals surface area contributed by atoms with Gasteiger partial charge in [0.15, 0.2) is 0 Å². The number of ketones is 3. The standard InChI is InChI=1S/C29H44O3/c1-7-19(17(2)3)9-8-18(4)22-10-11-23-21-15-25(31)24-14-20(30)12-13-28(24,5)27(21)26(32)16-29(22,23)6/h8-9,17-19,21-24,27H,7,10-16H2,1-6H3. The van der Waals surface area contributed by atoms with Crippen molar-refractivity contribution in [2.45, 2.75) is 92.9 Å². The largest absolute Gasteiger partial charge is 0.300 e. The third-order valence-corrected chi connectivity index (χ3v) is 10.7. The first kappa shape index (κ1) is 23.9. The van der Waals surface area contributed by atoms with E-state index in [-0.39, 0.29) is 40.2 Å². The summed E-state index contributed by atoms with van der Waals surface area (Å²) in [7, 11) is 0.